The van der Waals surface area contributed by atoms with Crippen LogP contribution in [0.5, 0.6) is 0 Å². The summed E-state index contributed by atoms with van der Waals surface area (Å²) in [5.74, 6) is -0.528. The highest BCUT2D eigenvalue weighted by atomic mass is 16.2. The van der Waals surface area contributed by atoms with Crippen LogP contribution < -0.4 is 11.1 Å². The van der Waals surface area contributed by atoms with Crippen LogP contribution >= 0.6 is 0 Å². The average molecular weight is 269 g/mol. The van der Waals surface area contributed by atoms with Gasteiger partial charge in [0.15, 0.2) is 0 Å². The van der Waals surface area contributed by atoms with Gasteiger partial charge in [0.05, 0.1) is 0 Å². The Balaban J connectivity index is 0.000000191. The number of carbonyl (C=O) groups is 2. The first-order valence-corrected chi connectivity index (χ1v) is 7.44. The van der Waals surface area contributed by atoms with E-state index in [-0.39, 0.29) is 5.91 Å². The van der Waals surface area contributed by atoms with Crippen molar-refractivity contribution in [3.05, 3.63) is 0 Å². The molecule has 1 unspecified atom stereocenters. The zero-order valence-corrected chi connectivity index (χ0v) is 12.0. The molecule has 2 amide bonds. The van der Waals surface area contributed by atoms with E-state index in [1.54, 1.807) is 0 Å². The van der Waals surface area contributed by atoms with Gasteiger partial charge < -0.3 is 16.0 Å². The fourth-order valence-corrected chi connectivity index (χ4v) is 2.42. The number of likely N-dealkylation sites (tertiary alicyclic amines) is 1. The van der Waals surface area contributed by atoms with Crippen molar-refractivity contribution >= 4 is 11.8 Å². The molecule has 2 aliphatic heterocycles. The largest absolute Gasteiger partial charge is 0.368 e. The summed E-state index contributed by atoms with van der Waals surface area (Å²) in [6.45, 7) is 6.35. The summed E-state index contributed by atoms with van der Waals surface area (Å²) in [5, 5.41) is 2.44. The number of nitrogens with zero attached hydrogens (tertiary/aromatic N) is 1. The van der Waals surface area contributed by atoms with E-state index in [1.807, 2.05) is 0 Å². The number of rotatable bonds is 5. The van der Waals surface area contributed by atoms with Crippen molar-refractivity contribution < 1.29 is 9.59 Å². The van der Waals surface area contributed by atoms with E-state index in [0.717, 1.165) is 0 Å². The number of hydrogen-bond acceptors (Lipinski definition) is 3. The Hall–Kier alpha value is -1.10. The number of nitrogens with one attached hydrogen (secondary N) is 1. The van der Waals surface area contributed by atoms with Crippen LogP contribution in [0.2, 0.25) is 0 Å². The van der Waals surface area contributed by atoms with Gasteiger partial charge in [0, 0.05) is 6.42 Å². The molecule has 1 atom stereocenters. The SMILES string of the molecule is CCCCCN1CCCC1.NC(=O)C1CCC(=O)N1. The second-order valence-corrected chi connectivity index (χ2v) is 5.32. The third-order valence-corrected chi connectivity index (χ3v) is 3.62. The lowest BCUT2D eigenvalue weighted by Gasteiger charge is -2.12. The molecule has 0 saturated carbocycles. The lowest BCUT2D eigenvalue weighted by molar-refractivity contribution is -0.123. The molecule has 0 spiro atoms. The minimum Gasteiger partial charge on any atom is -0.368 e. The van der Waals surface area contributed by atoms with Crippen LogP contribution in [0.4, 0.5) is 0 Å². The number of primary amides is 1. The van der Waals surface area contributed by atoms with Gasteiger partial charge in [-0.3, -0.25) is 9.59 Å². The maximum absolute atomic E-state index is 10.4. The molecule has 0 aromatic rings. The average Bonchev–Trinajstić information content (AvgIpc) is 3.01. The Morgan fingerprint density at radius 3 is 2.47 bits per heavy atom. The minimum atomic E-state index is -0.444. The van der Waals surface area contributed by atoms with E-state index in [0.29, 0.717) is 12.8 Å². The standard InChI is InChI=1S/C9H19N.C5H8N2O2/c1-2-3-4-7-10-8-5-6-9-10;6-5(9)3-1-2-4(8)7-3/h2-9H2,1H3;3H,1-2H2,(H2,6,9)(H,7,8). The molecule has 0 radical (unpaired) electrons. The van der Waals surface area contributed by atoms with E-state index in [1.165, 1.54) is 51.7 Å². The van der Waals surface area contributed by atoms with Crippen molar-refractivity contribution in [3.8, 4) is 0 Å². The molecule has 5 heteroatoms. The molecule has 2 aliphatic rings. The molecule has 19 heavy (non-hydrogen) atoms. The normalized spacial score (nSPS) is 22.8. The molecule has 2 saturated heterocycles. The van der Waals surface area contributed by atoms with Crippen LogP contribution in [-0.2, 0) is 9.59 Å². The van der Waals surface area contributed by atoms with Gasteiger partial charge in [-0.1, -0.05) is 19.8 Å². The summed E-state index contributed by atoms with van der Waals surface area (Å²) >= 11 is 0. The molecule has 0 aromatic heterocycles. The maximum Gasteiger partial charge on any atom is 0.240 e. The highest BCUT2D eigenvalue weighted by molar-refractivity contribution is 5.89. The summed E-state index contributed by atoms with van der Waals surface area (Å²) in [4.78, 5) is 23.4. The molecule has 0 aromatic carbocycles. The minimum absolute atomic E-state index is 0.0844. The van der Waals surface area contributed by atoms with Gasteiger partial charge in [0.2, 0.25) is 11.8 Å². The lowest BCUT2D eigenvalue weighted by atomic mass is 10.2. The first kappa shape index (κ1) is 16.0. The summed E-state index contributed by atoms with van der Waals surface area (Å²) < 4.78 is 0. The Labute approximate surface area is 115 Å². The second kappa shape index (κ2) is 8.91. The lowest BCUT2D eigenvalue weighted by Crippen LogP contribution is -2.37. The predicted molar refractivity (Wildman–Crippen MR) is 75.6 cm³/mol. The van der Waals surface area contributed by atoms with E-state index in [4.69, 9.17) is 5.73 Å². The summed E-state index contributed by atoms with van der Waals surface area (Å²) in [6, 6.07) is -0.419. The molecular weight excluding hydrogens is 242 g/mol. The topological polar surface area (TPSA) is 75.4 Å². The van der Waals surface area contributed by atoms with Crippen LogP contribution in [0.15, 0.2) is 0 Å². The molecule has 3 N–H and O–H groups in total. The number of nitrogens with two attached hydrogens (primary N) is 1. The summed E-state index contributed by atoms with van der Waals surface area (Å²) in [7, 11) is 0. The van der Waals surface area contributed by atoms with Crippen molar-refractivity contribution in [3.63, 3.8) is 0 Å². The van der Waals surface area contributed by atoms with E-state index in [9.17, 15) is 9.59 Å². The third kappa shape index (κ3) is 6.57. The van der Waals surface area contributed by atoms with Crippen LogP contribution in [0.1, 0.15) is 51.9 Å². The molecule has 0 bridgehead atoms. The van der Waals surface area contributed by atoms with E-state index < -0.39 is 11.9 Å². The Bertz CT molecular complexity index is 288. The van der Waals surface area contributed by atoms with Crippen molar-refractivity contribution in [1.82, 2.24) is 10.2 Å². The van der Waals surface area contributed by atoms with Gasteiger partial charge in [-0.2, -0.15) is 0 Å². The Morgan fingerprint density at radius 1 is 1.37 bits per heavy atom. The fraction of sp³-hybridized carbons (Fsp3) is 0.857. The number of carbonyl (C=O) groups excluding carboxylic acids is 2. The molecule has 5 nitrogen and oxygen atoms in total. The smallest absolute Gasteiger partial charge is 0.240 e. The Morgan fingerprint density at radius 2 is 2.05 bits per heavy atom. The van der Waals surface area contributed by atoms with E-state index in [2.05, 4.69) is 17.1 Å². The van der Waals surface area contributed by atoms with Gasteiger partial charge in [-0.15, -0.1) is 0 Å². The molecular formula is C14H27N3O2. The van der Waals surface area contributed by atoms with Gasteiger partial charge in [-0.25, -0.2) is 0 Å². The maximum atomic E-state index is 10.4. The molecule has 2 fully saturated rings. The predicted octanol–water partition coefficient (Wildman–Crippen LogP) is 1.02. The number of amides is 2. The van der Waals surface area contributed by atoms with Crippen LogP contribution in [0.25, 0.3) is 0 Å². The van der Waals surface area contributed by atoms with E-state index >= 15 is 0 Å². The molecule has 0 aliphatic carbocycles. The molecule has 110 valence electrons. The van der Waals surface area contributed by atoms with Crippen molar-refractivity contribution in [2.24, 2.45) is 5.73 Å². The third-order valence-electron chi connectivity index (χ3n) is 3.62. The second-order valence-electron chi connectivity index (χ2n) is 5.32. The molecule has 2 rings (SSSR count). The molecule has 2 heterocycles. The van der Waals surface area contributed by atoms with Crippen LogP contribution in [0, 0.1) is 0 Å². The van der Waals surface area contributed by atoms with Crippen LogP contribution in [0.3, 0.4) is 0 Å². The fourth-order valence-electron chi connectivity index (χ4n) is 2.42. The van der Waals surface area contributed by atoms with Crippen molar-refractivity contribution in [2.75, 3.05) is 19.6 Å². The zero-order valence-electron chi connectivity index (χ0n) is 12.0. The van der Waals surface area contributed by atoms with Gasteiger partial charge in [-0.05, 0) is 45.3 Å². The van der Waals surface area contributed by atoms with Gasteiger partial charge in [0.1, 0.15) is 6.04 Å². The Kier molecular flexibility index (Phi) is 7.48. The highest BCUT2D eigenvalue weighted by Crippen LogP contribution is 2.08. The van der Waals surface area contributed by atoms with Gasteiger partial charge >= 0.3 is 0 Å². The first-order chi connectivity index (χ1) is 9.13. The zero-order chi connectivity index (χ0) is 14.1. The number of hydrogen-bond donors (Lipinski definition) is 2. The van der Waals surface area contributed by atoms with Crippen molar-refractivity contribution in [1.29, 1.82) is 0 Å². The van der Waals surface area contributed by atoms with Crippen molar-refractivity contribution in [2.45, 2.75) is 57.9 Å². The summed E-state index contributed by atoms with van der Waals surface area (Å²) in [6.07, 6.45) is 8.03. The quantitative estimate of drug-likeness (QED) is 0.732. The number of unbranched alkanes of at least 4 members (excludes halogenated alkanes) is 2. The highest BCUT2D eigenvalue weighted by Gasteiger charge is 2.24. The first-order valence-electron chi connectivity index (χ1n) is 7.44. The monoisotopic (exact) mass is 269 g/mol. The van der Waals surface area contributed by atoms with Gasteiger partial charge in [0.25, 0.3) is 0 Å². The summed E-state index contributed by atoms with van der Waals surface area (Å²) in [5.41, 5.74) is 4.91. The van der Waals surface area contributed by atoms with Crippen LogP contribution in [-0.4, -0.2) is 42.4 Å².